The van der Waals surface area contributed by atoms with E-state index in [1.54, 1.807) is 0 Å². The Kier molecular flexibility index (Phi) is 3.48. The molecule has 1 aliphatic carbocycles. The van der Waals surface area contributed by atoms with Crippen LogP contribution in [-0.4, -0.2) is 40.0 Å². The van der Waals surface area contributed by atoms with E-state index in [2.05, 4.69) is 24.1 Å². The Labute approximate surface area is 142 Å². The van der Waals surface area contributed by atoms with E-state index in [9.17, 15) is 9.90 Å². The highest BCUT2D eigenvalue weighted by molar-refractivity contribution is 5.82. The predicted molar refractivity (Wildman–Crippen MR) is 93.2 cm³/mol. The summed E-state index contributed by atoms with van der Waals surface area (Å²) in [6.45, 7) is 8.09. The number of amides is 1. The Hall–Kier alpha value is -1.85. The maximum atomic E-state index is 12.6. The molecule has 1 aromatic heterocycles. The molecule has 4 atom stereocenters. The van der Waals surface area contributed by atoms with Crippen molar-refractivity contribution in [3.63, 3.8) is 0 Å². The zero-order valence-electron chi connectivity index (χ0n) is 14.4. The smallest absolute Gasteiger partial charge is 0.239 e. The predicted octanol–water partition coefficient (Wildman–Crippen LogP) is 2.25. The van der Waals surface area contributed by atoms with E-state index in [0.717, 1.165) is 24.0 Å². The summed E-state index contributed by atoms with van der Waals surface area (Å²) in [4.78, 5) is 17.7. The number of piperidine rings is 1. The summed E-state index contributed by atoms with van der Waals surface area (Å²) in [6, 6.07) is 9.39. The van der Waals surface area contributed by atoms with Gasteiger partial charge in [-0.2, -0.15) is 0 Å². The Balaban J connectivity index is 1.38. The van der Waals surface area contributed by atoms with Crippen molar-refractivity contribution >= 4 is 16.8 Å². The molecule has 2 aromatic rings. The molecular formula is C19H25N3O2. The van der Waals surface area contributed by atoms with Gasteiger partial charge >= 0.3 is 0 Å². The summed E-state index contributed by atoms with van der Waals surface area (Å²) in [6.07, 6.45) is -0.884. The van der Waals surface area contributed by atoms with Crippen LogP contribution in [-0.2, 0) is 4.79 Å². The molecule has 0 radical (unpaired) electrons. The van der Waals surface area contributed by atoms with Crippen LogP contribution >= 0.6 is 0 Å². The molecule has 24 heavy (non-hydrogen) atoms. The molecular weight excluding hydrogens is 302 g/mol. The number of nitrogens with one attached hydrogen (secondary N) is 2. The summed E-state index contributed by atoms with van der Waals surface area (Å²) in [5.41, 5.74) is 2.06. The zero-order valence-corrected chi connectivity index (χ0v) is 14.4. The fourth-order valence-corrected chi connectivity index (χ4v) is 4.23. The van der Waals surface area contributed by atoms with Crippen LogP contribution in [0.2, 0.25) is 0 Å². The van der Waals surface area contributed by atoms with Gasteiger partial charge in [-0.3, -0.25) is 10.1 Å². The van der Waals surface area contributed by atoms with Crippen LogP contribution in [0, 0.1) is 17.3 Å². The number of benzene rings is 1. The van der Waals surface area contributed by atoms with Crippen LogP contribution in [0.15, 0.2) is 30.3 Å². The van der Waals surface area contributed by atoms with Gasteiger partial charge in [0.05, 0.1) is 11.7 Å². The Bertz CT molecular complexity index is 735. The van der Waals surface area contributed by atoms with E-state index in [0.29, 0.717) is 22.9 Å². The Morgan fingerprint density at radius 1 is 1.33 bits per heavy atom. The van der Waals surface area contributed by atoms with E-state index in [4.69, 9.17) is 0 Å². The van der Waals surface area contributed by atoms with Gasteiger partial charge < -0.3 is 15.0 Å². The van der Waals surface area contributed by atoms with Gasteiger partial charge in [0.25, 0.3) is 0 Å². The number of nitrogens with zero attached hydrogens (tertiary/aromatic N) is 1. The molecule has 2 heterocycles. The number of hydrogen-bond donors (Lipinski definition) is 3. The lowest BCUT2D eigenvalue weighted by Gasteiger charge is -2.26. The molecule has 2 fully saturated rings. The molecule has 128 valence electrons. The van der Waals surface area contributed by atoms with Crippen molar-refractivity contribution in [2.45, 2.75) is 33.0 Å². The SMILES string of the molecule is C[C@H](NC(O)c1cc2ccccc2[nH]1)C(=O)N1C[C@@H]2[C@H](C1)C2(C)C. The van der Waals surface area contributed by atoms with E-state index in [-0.39, 0.29) is 5.91 Å². The van der Waals surface area contributed by atoms with Gasteiger partial charge in [-0.05, 0) is 41.7 Å². The monoisotopic (exact) mass is 327 g/mol. The minimum absolute atomic E-state index is 0.0770. The zero-order chi connectivity index (χ0) is 17.1. The van der Waals surface area contributed by atoms with Crippen molar-refractivity contribution in [2.24, 2.45) is 17.3 Å². The first-order valence-electron chi connectivity index (χ1n) is 8.68. The molecule has 5 heteroatoms. The number of aliphatic hydroxyl groups is 1. The van der Waals surface area contributed by atoms with Gasteiger partial charge in [-0.25, -0.2) is 0 Å². The molecule has 1 saturated heterocycles. The van der Waals surface area contributed by atoms with E-state index in [1.165, 1.54) is 0 Å². The number of aliphatic hydroxyl groups excluding tert-OH is 1. The second-order valence-corrected chi connectivity index (χ2v) is 7.88. The summed E-state index contributed by atoms with van der Waals surface area (Å²) in [5.74, 6) is 1.37. The second kappa shape index (κ2) is 5.33. The van der Waals surface area contributed by atoms with Gasteiger partial charge in [0, 0.05) is 18.6 Å². The highest BCUT2D eigenvalue weighted by Gasteiger charge is 2.62. The summed E-state index contributed by atoms with van der Waals surface area (Å²) in [7, 11) is 0. The summed E-state index contributed by atoms with van der Waals surface area (Å²) in [5, 5.41) is 14.5. The van der Waals surface area contributed by atoms with Crippen molar-refractivity contribution in [1.82, 2.24) is 15.2 Å². The number of aromatic amines is 1. The van der Waals surface area contributed by atoms with Crippen LogP contribution in [0.1, 0.15) is 32.7 Å². The third-order valence-electron chi connectivity index (χ3n) is 6.06. The van der Waals surface area contributed by atoms with Crippen molar-refractivity contribution in [3.05, 3.63) is 36.0 Å². The largest absolute Gasteiger partial charge is 0.373 e. The molecule has 4 rings (SSSR count). The third kappa shape index (κ3) is 2.43. The van der Waals surface area contributed by atoms with Gasteiger partial charge in [-0.15, -0.1) is 0 Å². The fourth-order valence-electron chi connectivity index (χ4n) is 4.23. The van der Waals surface area contributed by atoms with Crippen LogP contribution in [0.4, 0.5) is 0 Å². The lowest BCUT2D eigenvalue weighted by Crippen LogP contribution is -2.46. The first-order valence-corrected chi connectivity index (χ1v) is 8.68. The minimum Gasteiger partial charge on any atom is -0.373 e. The lowest BCUT2D eigenvalue weighted by molar-refractivity contribution is -0.133. The van der Waals surface area contributed by atoms with Crippen LogP contribution in [0.25, 0.3) is 10.9 Å². The van der Waals surface area contributed by atoms with Crippen molar-refractivity contribution in [2.75, 3.05) is 13.1 Å². The van der Waals surface area contributed by atoms with Crippen LogP contribution < -0.4 is 5.32 Å². The van der Waals surface area contributed by atoms with Gasteiger partial charge in [0.15, 0.2) is 0 Å². The van der Waals surface area contributed by atoms with Crippen LogP contribution in [0.5, 0.6) is 0 Å². The molecule has 0 bridgehead atoms. The number of aromatic nitrogens is 1. The Morgan fingerprint density at radius 2 is 2.00 bits per heavy atom. The van der Waals surface area contributed by atoms with E-state index in [1.807, 2.05) is 42.2 Å². The number of H-pyrrole nitrogens is 1. The first-order chi connectivity index (χ1) is 11.4. The van der Waals surface area contributed by atoms with E-state index >= 15 is 0 Å². The van der Waals surface area contributed by atoms with E-state index < -0.39 is 12.3 Å². The van der Waals surface area contributed by atoms with Gasteiger partial charge in [-0.1, -0.05) is 32.0 Å². The highest BCUT2D eigenvalue weighted by atomic mass is 16.3. The minimum atomic E-state index is -0.884. The van der Waals surface area contributed by atoms with Crippen molar-refractivity contribution < 1.29 is 9.90 Å². The maximum absolute atomic E-state index is 12.6. The fraction of sp³-hybridized carbons (Fsp3) is 0.526. The molecule has 2 aliphatic rings. The molecule has 1 saturated carbocycles. The number of carbonyl (C=O) groups excluding carboxylic acids is 1. The number of likely N-dealkylation sites (tertiary alicyclic amines) is 1. The standard InChI is InChI=1S/C19H25N3O2/c1-11(18(24)22-9-13-14(10-22)19(13,2)3)20-17(23)16-8-12-6-4-5-7-15(12)21-16/h4-8,11,13-14,17,20-21,23H,9-10H2,1-3H3/t11-,13-,14+,17?/m0/s1. The average molecular weight is 327 g/mol. The molecule has 3 N–H and O–H groups in total. The molecule has 1 aliphatic heterocycles. The van der Waals surface area contributed by atoms with Gasteiger partial charge in [0.1, 0.15) is 6.23 Å². The number of fused-ring (bicyclic) bond motifs is 2. The van der Waals surface area contributed by atoms with Crippen molar-refractivity contribution in [1.29, 1.82) is 0 Å². The van der Waals surface area contributed by atoms with Crippen LogP contribution in [0.3, 0.4) is 0 Å². The quantitative estimate of drug-likeness (QED) is 0.755. The van der Waals surface area contributed by atoms with Crippen molar-refractivity contribution in [3.8, 4) is 0 Å². The van der Waals surface area contributed by atoms with Gasteiger partial charge in [0.2, 0.25) is 5.91 Å². The molecule has 1 unspecified atom stereocenters. The topological polar surface area (TPSA) is 68.4 Å². The number of carbonyl (C=O) groups is 1. The second-order valence-electron chi connectivity index (χ2n) is 7.88. The lowest BCUT2D eigenvalue weighted by atomic mass is 10.1. The third-order valence-corrected chi connectivity index (χ3v) is 6.06. The Morgan fingerprint density at radius 3 is 2.67 bits per heavy atom. The number of para-hydroxylation sites is 1. The summed E-state index contributed by atoms with van der Waals surface area (Å²) >= 11 is 0. The normalized spacial score (nSPS) is 27.1. The molecule has 0 spiro atoms. The maximum Gasteiger partial charge on any atom is 0.239 e. The molecule has 1 amide bonds. The molecule has 1 aromatic carbocycles. The first kappa shape index (κ1) is 15.7. The molecule has 5 nitrogen and oxygen atoms in total. The highest BCUT2D eigenvalue weighted by Crippen LogP contribution is 2.61. The number of rotatable bonds is 4. The average Bonchev–Trinajstić information content (AvgIpc) is 3.02. The number of hydrogen-bond acceptors (Lipinski definition) is 3. The summed E-state index contributed by atoms with van der Waals surface area (Å²) < 4.78 is 0.